The Kier molecular flexibility index (Phi) is 5.15. The lowest BCUT2D eigenvalue weighted by Crippen LogP contribution is -2.31. The van der Waals surface area contributed by atoms with Gasteiger partial charge in [-0.1, -0.05) is 12.1 Å². The van der Waals surface area contributed by atoms with Gasteiger partial charge in [-0.3, -0.25) is 0 Å². The summed E-state index contributed by atoms with van der Waals surface area (Å²) in [7, 11) is 1.65. The van der Waals surface area contributed by atoms with Gasteiger partial charge in [-0.2, -0.15) is 5.10 Å². The molecule has 1 aliphatic rings. The van der Waals surface area contributed by atoms with Crippen molar-refractivity contribution in [3.8, 4) is 17.0 Å². The monoisotopic (exact) mass is 317 g/mol. The highest BCUT2D eigenvalue weighted by atomic mass is 16.5. The van der Waals surface area contributed by atoms with Gasteiger partial charge in [-0.15, -0.1) is 0 Å². The van der Waals surface area contributed by atoms with Gasteiger partial charge >= 0.3 is 0 Å². The molecule has 2 aromatic rings. The Morgan fingerprint density at radius 1 is 1.43 bits per heavy atom. The van der Waals surface area contributed by atoms with E-state index in [9.17, 15) is 5.11 Å². The molecule has 1 saturated heterocycles. The Bertz CT molecular complexity index is 636. The summed E-state index contributed by atoms with van der Waals surface area (Å²) >= 11 is 0. The summed E-state index contributed by atoms with van der Waals surface area (Å²) in [5.41, 5.74) is 1.85. The number of hydrogen-bond donors (Lipinski definition) is 2. The maximum absolute atomic E-state index is 9.28. The second kappa shape index (κ2) is 7.48. The van der Waals surface area contributed by atoms with Crippen molar-refractivity contribution in [3.05, 3.63) is 30.3 Å². The molecule has 6 nitrogen and oxygen atoms in total. The van der Waals surface area contributed by atoms with Crippen LogP contribution in [0.3, 0.4) is 0 Å². The molecule has 2 N–H and O–H groups in total. The Balaban J connectivity index is 1.84. The van der Waals surface area contributed by atoms with Crippen LogP contribution in [-0.2, 0) is 11.3 Å². The minimum atomic E-state index is 0.0507. The molecule has 1 unspecified atom stereocenters. The van der Waals surface area contributed by atoms with Crippen molar-refractivity contribution in [2.45, 2.75) is 25.4 Å². The third kappa shape index (κ3) is 3.83. The Morgan fingerprint density at radius 2 is 2.35 bits per heavy atom. The number of aliphatic hydroxyl groups excluding tert-OH is 1. The van der Waals surface area contributed by atoms with Crippen LogP contribution in [0.2, 0.25) is 0 Å². The first-order chi connectivity index (χ1) is 11.3. The van der Waals surface area contributed by atoms with Crippen LogP contribution in [0.4, 0.5) is 5.82 Å². The molecule has 0 amide bonds. The molecular formula is C17H23N3O3. The number of rotatable bonds is 6. The number of aliphatic hydroxyl groups is 1. The minimum Gasteiger partial charge on any atom is -0.497 e. The van der Waals surface area contributed by atoms with Gasteiger partial charge in [0.2, 0.25) is 0 Å². The number of benzene rings is 1. The summed E-state index contributed by atoms with van der Waals surface area (Å²) in [6.07, 6.45) is 2.15. The molecule has 1 atom stereocenters. The first-order valence-corrected chi connectivity index (χ1v) is 7.97. The van der Waals surface area contributed by atoms with Crippen molar-refractivity contribution in [2.75, 3.05) is 32.2 Å². The van der Waals surface area contributed by atoms with Gasteiger partial charge in [0.25, 0.3) is 0 Å². The van der Waals surface area contributed by atoms with Gasteiger partial charge in [0.05, 0.1) is 38.6 Å². The number of hydrogen-bond acceptors (Lipinski definition) is 5. The van der Waals surface area contributed by atoms with Crippen LogP contribution in [0.1, 0.15) is 12.8 Å². The summed E-state index contributed by atoms with van der Waals surface area (Å²) in [6.45, 7) is 2.05. The van der Waals surface area contributed by atoms with E-state index < -0.39 is 0 Å². The van der Waals surface area contributed by atoms with Crippen molar-refractivity contribution in [1.29, 1.82) is 0 Å². The van der Waals surface area contributed by atoms with Gasteiger partial charge in [0, 0.05) is 18.2 Å². The third-order valence-corrected chi connectivity index (χ3v) is 3.97. The predicted octanol–water partition coefficient (Wildman–Crippen LogP) is 2.14. The van der Waals surface area contributed by atoms with Gasteiger partial charge < -0.3 is 19.9 Å². The normalized spacial score (nSPS) is 17.9. The highest BCUT2D eigenvalue weighted by molar-refractivity contribution is 5.64. The topological polar surface area (TPSA) is 68.5 Å². The fourth-order valence-electron chi connectivity index (χ4n) is 2.79. The lowest BCUT2D eigenvalue weighted by atomic mass is 10.1. The number of aromatic nitrogens is 2. The van der Waals surface area contributed by atoms with E-state index in [1.165, 1.54) is 0 Å². The number of nitrogens with zero attached hydrogens (tertiary/aromatic N) is 2. The third-order valence-electron chi connectivity index (χ3n) is 3.97. The molecule has 0 spiro atoms. The van der Waals surface area contributed by atoms with Crippen LogP contribution in [-0.4, -0.2) is 47.9 Å². The molecule has 1 aliphatic heterocycles. The number of anilines is 1. The zero-order valence-corrected chi connectivity index (χ0v) is 13.4. The molecule has 23 heavy (non-hydrogen) atoms. The Morgan fingerprint density at radius 3 is 3.09 bits per heavy atom. The second-order valence-electron chi connectivity index (χ2n) is 5.65. The molecule has 0 radical (unpaired) electrons. The summed E-state index contributed by atoms with van der Waals surface area (Å²) < 4.78 is 12.6. The van der Waals surface area contributed by atoms with E-state index in [0.29, 0.717) is 13.2 Å². The van der Waals surface area contributed by atoms with Crippen molar-refractivity contribution in [3.63, 3.8) is 0 Å². The SMILES string of the molecule is COc1cccc(-c2cc(NC3CCCOC3)n(CCO)n2)c1. The highest BCUT2D eigenvalue weighted by Gasteiger charge is 2.17. The fraction of sp³-hybridized carbons (Fsp3) is 0.471. The molecule has 2 heterocycles. The maximum Gasteiger partial charge on any atom is 0.125 e. The second-order valence-corrected chi connectivity index (χ2v) is 5.65. The molecule has 124 valence electrons. The average Bonchev–Trinajstić information content (AvgIpc) is 2.99. The van der Waals surface area contributed by atoms with E-state index in [-0.39, 0.29) is 12.6 Å². The number of ether oxygens (including phenoxy) is 2. The molecule has 6 heteroatoms. The first-order valence-electron chi connectivity index (χ1n) is 7.97. The number of methoxy groups -OCH3 is 1. The lowest BCUT2D eigenvalue weighted by molar-refractivity contribution is 0.0873. The first kappa shape index (κ1) is 15.8. The minimum absolute atomic E-state index is 0.0507. The maximum atomic E-state index is 9.28. The van der Waals surface area contributed by atoms with Gasteiger partial charge in [0.15, 0.2) is 0 Å². The van der Waals surface area contributed by atoms with E-state index >= 15 is 0 Å². The van der Waals surface area contributed by atoms with Crippen LogP contribution in [0, 0.1) is 0 Å². The van der Waals surface area contributed by atoms with Crippen LogP contribution in [0.25, 0.3) is 11.3 Å². The van der Waals surface area contributed by atoms with E-state index in [1.54, 1.807) is 7.11 Å². The van der Waals surface area contributed by atoms with Crippen LogP contribution >= 0.6 is 0 Å². The predicted molar refractivity (Wildman–Crippen MR) is 88.8 cm³/mol. The molecule has 1 fully saturated rings. The Labute approximate surface area is 136 Å². The van der Waals surface area contributed by atoms with E-state index in [0.717, 1.165) is 42.3 Å². The molecule has 0 bridgehead atoms. The summed E-state index contributed by atoms with van der Waals surface area (Å²) in [6, 6.07) is 10.1. The average molecular weight is 317 g/mol. The largest absolute Gasteiger partial charge is 0.497 e. The van der Waals surface area contributed by atoms with E-state index in [1.807, 2.05) is 35.0 Å². The highest BCUT2D eigenvalue weighted by Crippen LogP contribution is 2.26. The summed E-state index contributed by atoms with van der Waals surface area (Å²) in [4.78, 5) is 0. The number of nitrogens with one attached hydrogen (secondary N) is 1. The van der Waals surface area contributed by atoms with Crippen molar-refractivity contribution in [1.82, 2.24) is 9.78 Å². The van der Waals surface area contributed by atoms with Crippen LogP contribution in [0.15, 0.2) is 30.3 Å². The zero-order chi connectivity index (χ0) is 16.1. The van der Waals surface area contributed by atoms with Crippen molar-refractivity contribution >= 4 is 5.82 Å². The van der Waals surface area contributed by atoms with Crippen LogP contribution in [0.5, 0.6) is 5.75 Å². The molecule has 3 rings (SSSR count). The summed E-state index contributed by atoms with van der Waals surface area (Å²) in [5.74, 6) is 1.71. The smallest absolute Gasteiger partial charge is 0.125 e. The van der Waals surface area contributed by atoms with Gasteiger partial charge in [-0.25, -0.2) is 4.68 Å². The molecule has 1 aromatic heterocycles. The fourth-order valence-corrected chi connectivity index (χ4v) is 2.79. The Hall–Kier alpha value is -2.05. The van der Waals surface area contributed by atoms with E-state index in [2.05, 4.69) is 10.4 Å². The quantitative estimate of drug-likeness (QED) is 0.854. The van der Waals surface area contributed by atoms with E-state index in [4.69, 9.17) is 9.47 Å². The molecule has 1 aromatic carbocycles. The lowest BCUT2D eigenvalue weighted by Gasteiger charge is -2.24. The zero-order valence-electron chi connectivity index (χ0n) is 13.4. The standard InChI is InChI=1S/C17H23N3O3/c1-22-15-6-2-4-13(10-15)16-11-17(20(19-16)7-8-21)18-14-5-3-9-23-12-14/h2,4,6,10-11,14,18,21H,3,5,7-9,12H2,1H3. The van der Waals surface area contributed by atoms with Crippen LogP contribution < -0.4 is 10.1 Å². The molecular weight excluding hydrogens is 294 g/mol. The molecule has 0 saturated carbocycles. The van der Waals surface area contributed by atoms with Gasteiger partial charge in [-0.05, 0) is 25.0 Å². The van der Waals surface area contributed by atoms with Crippen molar-refractivity contribution < 1.29 is 14.6 Å². The van der Waals surface area contributed by atoms with Crippen molar-refractivity contribution in [2.24, 2.45) is 0 Å². The summed E-state index contributed by atoms with van der Waals surface area (Å²) in [5, 5.41) is 17.4. The van der Waals surface area contributed by atoms with Gasteiger partial charge in [0.1, 0.15) is 11.6 Å². The molecule has 0 aliphatic carbocycles.